The average Bonchev–Trinajstić information content (AvgIpc) is 2.87. The van der Waals surface area contributed by atoms with Crippen molar-refractivity contribution >= 4 is 23.0 Å². The summed E-state index contributed by atoms with van der Waals surface area (Å²) >= 11 is 1.28. The van der Waals surface area contributed by atoms with E-state index in [2.05, 4.69) is 4.74 Å². The van der Waals surface area contributed by atoms with Gasteiger partial charge in [0.2, 0.25) is 0 Å². The quantitative estimate of drug-likeness (QED) is 0.687. The van der Waals surface area contributed by atoms with Gasteiger partial charge in [-0.1, -0.05) is 18.2 Å². The molecule has 1 aromatic carbocycles. The highest BCUT2D eigenvalue weighted by Crippen LogP contribution is 2.31. The van der Waals surface area contributed by atoms with Crippen LogP contribution in [-0.2, 0) is 9.53 Å². The van der Waals surface area contributed by atoms with Crippen molar-refractivity contribution in [2.24, 2.45) is 0 Å². The molecule has 0 atom stereocenters. The van der Waals surface area contributed by atoms with Crippen LogP contribution in [0.2, 0.25) is 0 Å². The van der Waals surface area contributed by atoms with Crippen LogP contribution in [0.4, 0.5) is 0 Å². The van der Waals surface area contributed by atoms with E-state index < -0.39 is 5.97 Å². The Morgan fingerprint density at radius 1 is 1.21 bits per heavy atom. The van der Waals surface area contributed by atoms with E-state index >= 15 is 0 Å². The van der Waals surface area contributed by atoms with Crippen LogP contribution in [0, 0.1) is 12.3 Å². The Morgan fingerprint density at radius 2 is 1.95 bits per heavy atom. The van der Waals surface area contributed by atoms with Gasteiger partial charge in [0.1, 0.15) is 16.4 Å². The fourth-order valence-electron chi connectivity index (χ4n) is 1.54. The number of methoxy groups -OCH3 is 1. The summed E-state index contributed by atoms with van der Waals surface area (Å²) in [7, 11) is 1.26. The molecule has 0 unspecified atom stereocenters. The number of hydrogen-bond acceptors (Lipinski definition) is 5. The molecule has 98 valence electrons. The summed E-state index contributed by atoms with van der Waals surface area (Å²) in [6, 6.07) is 9.32. The van der Waals surface area contributed by atoms with Crippen molar-refractivity contribution in [3.63, 3.8) is 0 Å². The maximum Gasteiger partial charge on any atom is 0.357 e. The summed E-state index contributed by atoms with van der Waals surface area (Å²) in [6.45, 7) is 1.94. The molecular formula is C14H13NO3S. The third-order valence-corrected chi connectivity index (χ3v) is 3.47. The molecule has 0 saturated carbocycles. The minimum Gasteiger partial charge on any atom is -0.464 e. The molecule has 0 amide bonds. The monoisotopic (exact) mass is 275 g/mol. The van der Waals surface area contributed by atoms with Gasteiger partial charge in [0.15, 0.2) is 5.71 Å². The largest absolute Gasteiger partial charge is 0.464 e. The van der Waals surface area contributed by atoms with E-state index in [1.807, 2.05) is 31.2 Å². The van der Waals surface area contributed by atoms with E-state index in [4.69, 9.17) is 10.1 Å². The number of carbonyl (C=O) groups excluding carboxylic acids is 1. The van der Waals surface area contributed by atoms with Crippen molar-refractivity contribution in [2.45, 2.75) is 6.92 Å². The number of para-hydroxylation sites is 1. The minimum absolute atomic E-state index is 0.193. The number of benzene rings is 1. The Bertz CT molecular complexity index is 619. The topological polar surface area (TPSA) is 59.4 Å². The molecule has 1 heterocycles. The van der Waals surface area contributed by atoms with Crippen LogP contribution in [0.25, 0.3) is 0 Å². The first kappa shape index (κ1) is 13.3. The second-order valence-electron chi connectivity index (χ2n) is 3.85. The van der Waals surface area contributed by atoms with Gasteiger partial charge in [-0.15, -0.1) is 11.3 Å². The average molecular weight is 275 g/mol. The van der Waals surface area contributed by atoms with E-state index in [-0.39, 0.29) is 5.71 Å². The smallest absolute Gasteiger partial charge is 0.357 e. The van der Waals surface area contributed by atoms with Crippen LogP contribution in [-0.4, -0.2) is 18.8 Å². The van der Waals surface area contributed by atoms with Crippen molar-refractivity contribution < 1.29 is 14.3 Å². The lowest BCUT2D eigenvalue weighted by Crippen LogP contribution is -2.15. The molecule has 0 aliphatic rings. The first-order chi connectivity index (χ1) is 9.13. The van der Waals surface area contributed by atoms with Crippen LogP contribution in [0.1, 0.15) is 10.4 Å². The predicted octanol–water partition coefficient (Wildman–Crippen LogP) is 3.39. The van der Waals surface area contributed by atoms with Gasteiger partial charge in [-0.3, -0.25) is 5.41 Å². The van der Waals surface area contributed by atoms with Crippen LogP contribution in [0.5, 0.6) is 11.5 Å². The summed E-state index contributed by atoms with van der Waals surface area (Å²) in [5.41, 5.74) is 0.797. The number of ether oxygens (including phenoxy) is 2. The number of rotatable bonds is 4. The molecule has 0 aliphatic heterocycles. The molecule has 2 aromatic rings. The molecule has 2 rings (SSSR count). The number of aryl methyl sites for hydroxylation is 1. The van der Waals surface area contributed by atoms with E-state index in [1.54, 1.807) is 11.4 Å². The predicted molar refractivity (Wildman–Crippen MR) is 74.4 cm³/mol. The number of carbonyl (C=O) groups is 1. The van der Waals surface area contributed by atoms with Gasteiger partial charge in [0.05, 0.1) is 7.11 Å². The number of esters is 1. The standard InChI is InChI=1S/C14H13NO3S/c1-9-5-3-4-6-10(9)18-11-7-8-19-13(11)12(15)14(16)17-2/h3-8,15H,1-2H3. The molecular weight excluding hydrogens is 262 g/mol. The zero-order chi connectivity index (χ0) is 13.8. The molecule has 0 radical (unpaired) electrons. The summed E-state index contributed by atoms with van der Waals surface area (Å²) < 4.78 is 10.3. The van der Waals surface area contributed by atoms with E-state index in [9.17, 15) is 4.79 Å². The lowest BCUT2D eigenvalue weighted by Gasteiger charge is -2.09. The SMILES string of the molecule is COC(=O)C(=N)c1sccc1Oc1ccccc1C. The third kappa shape index (κ3) is 2.82. The molecule has 4 nitrogen and oxygen atoms in total. The van der Waals surface area contributed by atoms with Crippen LogP contribution >= 0.6 is 11.3 Å². The second kappa shape index (κ2) is 5.67. The Balaban J connectivity index is 2.28. The van der Waals surface area contributed by atoms with Crippen molar-refractivity contribution in [3.8, 4) is 11.5 Å². The van der Waals surface area contributed by atoms with Gasteiger partial charge in [-0.05, 0) is 30.0 Å². The van der Waals surface area contributed by atoms with Gasteiger partial charge in [0, 0.05) is 0 Å². The maximum absolute atomic E-state index is 11.4. The first-order valence-corrected chi connectivity index (χ1v) is 6.49. The molecule has 0 spiro atoms. The number of thiophene rings is 1. The molecule has 0 saturated heterocycles. The van der Waals surface area contributed by atoms with Gasteiger partial charge >= 0.3 is 5.97 Å². The van der Waals surface area contributed by atoms with Gasteiger partial charge in [-0.2, -0.15) is 0 Å². The molecule has 0 fully saturated rings. The third-order valence-electron chi connectivity index (χ3n) is 2.56. The zero-order valence-corrected chi connectivity index (χ0v) is 11.4. The van der Waals surface area contributed by atoms with E-state index in [1.165, 1.54) is 18.4 Å². The normalized spacial score (nSPS) is 10.0. The van der Waals surface area contributed by atoms with Crippen molar-refractivity contribution in [1.82, 2.24) is 0 Å². The van der Waals surface area contributed by atoms with Crippen LogP contribution < -0.4 is 4.74 Å². The summed E-state index contributed by atoms with van der Waals surface area (Å²) in [5.74, 6) is 0.534. The molecule has 0 bridgehead atoms. The number of nitrogens with one attached hydrogen (secondary N) is 1. The molecule has 1 aromatic heterocycles. The Kier molecular flexibility index (Phi) is 3.97. The van der Waals surface area contributed by atoms with Crippen LogP contribution in [0.3, 0.4) is 0 Å². The lowest BCUT2D eigenvalue weighted by atomic mass is 10.2. The summed E-state index contributed by atoms with van der Waals surface area (Å²) in [5, 5.41) is 9.55. The van der Waals surface area contributed by atoms with Gasteiger partial charge in [-0.25, -0.2) is 4.79 Å². The highest BCUT2D eigenvalue weighted by molar-refractivity contribution is 7.13. The fourth-order valence-corrected chi connectivity index (χ4v) is 2.30. The zero-order valence-electron chi connectivity index (χ0n) is 10.6. The van der Waals surface area contributed by atoms with Crippen molar-refractivity contribution in [1.29, 1.82) is 5.41 Å². The van der Waals surface area contributed by atoms with Crippen LogP contribution in [0.15, 0.2) is 35.7 Å². The first-order valence-electron chi connectivity index (χ1n) is 5.61. The Labute approximate surface area is 115 Å². The maximum atomic E-state index is 11.4. The van der Waals surface area contributed by atoms with Crippen molar-refractivity contribution in [3.05, 3.63) is 46.2 Å². The molecule has 19 heavy (non-hydrogen) atoms. The molecule has 1 N–H and O–H groups in total. The second-order valence-corrected chi connectivity index (χ2v) is 4.76. The molecule has 0 aliphatic carbocycles. The summed E-state index contributed by atoms with van der Waals surface area (Å²) in [4.78, 5) is 11.9. The number of hydrogen-bond donors (Lipinski definition) is 1. The van der Waals surface area contributed by atoms with Crippen molar-refractivity contribution in [2.75, 3.05) is 7.11 Å². The van der Waals surface area contributed by atoms with Gasteiger partial charge in [0.25, 0.3) is 0 Å². The Hall–Kier alpha value is -2.14. The fraction of sp³-hybridized carbons (Fsp3) is 0.143. The minimum atomic E-state index is -0.669. The van der Waals surface area contributed by atoms with E-state index in [0.29, 0.717) is 16.4 Å². The Morgan fingerprint density at radius 3 is 2.63 bits per heavy atom. The summed E-state index contributed by atoms with van der Waals surface area (Å²) in [6.07, 6.45) is 0. The van der Waals surface area contributed by atoms with E-state index in [0.717, 1.165) is 5.56 Å². The lowest BCUT2D eigenvalue weighted by molar-refractivity contribution is -0.132. The highest BCUT2D eigenvalue weighted by Gasteiger charge is 2.19. The highest BCUT2D eigenvalue weighted by atomic mass is 32.1. The van der Waals surface area contributed by atoms with Gasteiger partial charge < -0.3 is 9.47 Å². The molecule has 5 heteroatoms.